The molecular formula is C17H15FN2O3. The standard InChI is InChI=1S/C17H15FN2O3/c1-19-13-7-3-4-8-14(13)20(10-16(19)21)17(22)11-23-15-9-5-2-6-12(15)18/h2-9H,10-11H2,1H3. The van der Waals surface area contributed by atoms with E-state index in [1.165, 1.54) is 21.9 Å². The molecule has 5 nitrogen and oxygen atoms in total. The molecule has 0 aromatic heterocycles. The minimum Gasteiger partial charge on any atom is -0.481 e. The van der Waals surface area contributed by atoms with Crippen LogP contribution in [0, 0.1) is 5.82 Å². The molecule has 2 aromatic carbocycles. The monoisotopic (exact) mass is 314 g/mol. The minimum absolute atomic E-state index is 0.00888. The van der Waals surface area contributed by atoms with Crippen LogP contribution in [0.2, 0.25) is 0 Å². The Balaban J connectivity index is 1.79. The van der Waals surface area contributed by atoms with Crippen molar-refractivity contribution in [3.05, 3.63) is 54.3 Å². The lowest BCUT2D eigenvalue weighted by Gasteiger charge is -2.33. The van der Waals surface area contributed by atoms with Crippen LogP contribution in [-0.4, -0.2) is 32.0 Å². The molecule has 0 saturated heterocycles. The number of amides is 2. The third-order valence-corrected chi connectivity index (χ3v) is 3.69. The predicted octanol–water partition coefficient (Wildman–Crippen LogP) is 2.21. The first-order chi connectivity index (χ1) is 11.1. The lowest BCUT2D eigenvalue weighted by Crippen LogP contribution is -2.48. The van der Waals surface area contributed by atoms with Gasteiger partial charge in [-0.1, -0.05) is 24.3 Å². The molecule has 23 heavy (non-hydrogen) atoms. The molecule has 1 aliphatic rings. The number of fused-ring (bicyclic) bond motifs is 1. The number of likely N-dealkylation sites (N-methyl/N-ethyl adjacent to an activating group) is 1. The first kappa shape index (κ1) is 15.0. The highest BCUT2D eigenvalue weighted by atomic mass is 19.1. The molecule has 2 amide bonds. The number of nitrogens with zero attached hydrogens (tertiary/aromatic N) is 2. The van der Waals surface area contributed by atoms with Gasteiger partial charge in [0.25, 0.3) is 5.91 Å². The fourth-order valence-corrected chi connectivity index (χ4v) is 2.44. The lowest BCUT2D eigenvalue weighted by atomic mass is 10.1. The number of hydrogen-bond acceptors (Lipinski definition) is 3. The van der Waals surface area contributed by atoms with Gasteiger partial charge in [-0.25, -0.2) is 4.39 Å². The van der Waals surface area contributed by atoms with Crippen LogP contribution in [0.1, 0.15) is 0 Å². The molecule has 118 valence electrons. The maximum absolute atomic E-state index is 13.5. The summed E-state index contributed by atoms with van der Waals surface area (Å²) in [7, 11) is 1.67. The molecule has 0 aliphatic carbocycles. The second-order valence-corrected chi connectivity index (χ2v) is 5.14. The van der Waals surface area contributed by atoms with Crippen LogP contribution in [0.15, 0.2) is 48.5 Å². The van der Waals surface area contributed by atoms with E-state index in [1.54, 1.807) is 43.4 Å². The van der Waals surface area contributed by atoms with Crippen LogP contribution in [0.4, 0.5) is 15.8 Å². The van der Waals surface area contributed by atoms with Crippen LogP contribution in [0.25, 0.3) is 0 Å². The molecule has 1 aliphatic heterocycles. The van der Waals surface area contributed by atoms with Crippen molar-refractivity contribution >= 4 is 23.2 Å². The highest BCUT2D eigenvalue weighted by Crippen LogP contribution is 2.32. The summed E-state index contributed by atoms with van der Waals surface area (Å²) in [6.45, 7) is -0.404. The molecule has 0 N–H and O–H groups in total. The molecule has 0 spiro atoms. The first-order valence-corrected chi connectivity index (χ1v) is 7.11. The fraction of sp³-hybridized carbons (Fsp3) is 0.176. The number of ether oxygens (including phenoxy) is 1. The second kappa shape index (κ2) is 6.08. The van der Waals surface area contributed by atoms with Gasteiger partial charge in [0.15, 0.2) is 18.2 Å². The number of benzene rings is 2. The number of hydrogen-bond donors (Lipinski definition) is 0. The summed E-state index contributed by atoms with van der Waals surface area (Å²) < 4.78 is 18.8. The summed E-state index contributed by atoms with van der Waals surface area (Å²) in [4.78, 5) is 27.3. The number of para-hydroxylation sites is 3. The van der Waals surface area contributed by atoms with E-state index < -0.39 is 11.7 Å². The molecule has 0 radical (unpaired) electrons. The zero-order valence-electron chi connectivity index (χ0n) is 12.5. The van der Waals surface area contributed by atoms with E-state index in [1.807, 2.05) is 0 Å². The van der Waals surface area contributed by atoms with Gasteiger partial charge in [0.2, 0.25) is 5.91 Å². The van der Waals surface area contributed by atoms with E-state index in [0.717, 1.165) is 0 Å². The quantitative estimate of drug-likeness (QED) is 0.873. The number of rotatable bonds is 3. The van der Waals surface area contributed by atoms with Gasteiger partial charge in [0.05, 0.1) is 11.4 Å². The third-order valence-electron chi connectivity index (χ3n) is 3.69. The summed E-state index contributed by atoms with van der Waals surface area (Å²) in [6.07, 6.45) is 0. The highest BCUT2D eigenvalue weighted by molar-refractivity contribution is 6.11. The Labute approximate surface area is 132 Å². The normalized spacial score (nSPS) is 13.7. The smallest absolute Gasteiger partial charge is 0.265 e. The molecule has 0 bridgehead atoms. The maximum atomic E-state index is 13.5. The van der Waals surface area contributed by atoms with Gasteiger partial charge < -0.3 is 9.64 Å². The molecular weight excluding hydrogens is 299 g/mol. The highest BCUT2D eigenvalue weighted by Gasteiger charge is 2.30. The molecule has 0 atom stereocenters. The van der Waals surface area contributed by atoms with Crippen LogP contribution < -0.4 is 14.5 Å². The summed E-state index contributed by atoms with van der Waals surface area (Å²) >= 11 is 0. The summed E-state index contributed by atoms with van der Waals surface area (Å²) in [5.74, 6) is -1.12. The van der Waals surface area contributed by atoms with Crippen molar-refractivity contribution in [1.82, 2.24) is 0 Å². The molecule has 6 heteroatoms. The van der Waals surface area contributed by atoms with Gasteiger partial charge >= 0.3 is 0 Å². The Hall–Kier alpha value is -2.89. The maximum Gasteiger partial charge on any atom is 0.265 e. The molecule has 0 fully saturated rings. The lowest BCUT2D eigenvalue weighted by molar-refractivity contribution is -0.124. The van der Waals surface area contributed by atoms with Crippen molar-refractivity contribution in [1.29, 1.82) is 0 Å². The fourth-order valence-electron chi connectivity index (χ4n) is 2.44. The Morgan fingerprint density at radius 1 is 1.13 bits per heavy atom. The van der Waals surface area contributed by atoms with Crippen LogP contribution >= 0.6 is 0 Å². The molecule has 0 saturated carbocycles. The van der Waals surface area contributed by atoms with E-state index in [-0.39, 0.29) is 24.8 Å². The zero-order chi connectivity index (χ0) is 16.4. The van der Waals surface area contributed by atoms with Crippen molar-refractivity contribution < 1.29 is 18.7 Å². The Morgan fingerprint density at radius 3 is 2.52 bits per heavy atom. The van der Waals surface area contributed by atoms with E-state index in [0.29, 0.717) is 11.4 Å². The number of carbonyl (C=O) groups is 2. The molecule has 3 rings (SSSR count). The van der Waals surface area contributed by atoms with E-state index >= 15 is 0 Å². The van der Waals surface area contributed by atoms with Gasteiger partial charge in [0, 0.05) is 7.05 Å². The van der Waals surface area contributed by atoms with Crippen LogP contribution in [-0.2, 0) is 9.59 Å². The second-order valence-electron chi connectivity index (χ2n) is 5.14. The first-order valence-electron chi connectivity index (χ1n) is 7.11. The van der Waals surface area contributed by atoms with Crippen molar-refractivity contribution in [3.63, 3.8) is 0 Å². The van der Waals surface area contributed by atoms with Gasteiger partial charge in [-0.15, -0.1) is 0 Å². The Bertz CT molecular complexity index is 763. The zero-order valence-corrected chi connectivity index (χ0v) is 12.5. The molecule has 0 unspecified atom stereocenters. The van der Waals surface area contributed by atoms with E-state index in [2.05, 4.69) is 0 Å². The van der Waals surface area contributed by atoms with Crippen LogP contribution in [0.3, 0.4) is 0 Å². The Kier molecular flexibility index (Phi) is 3.97. The minimum atomic E-state index is -0.532. The average Bonchev–Trinajstić information content (AvgIpc) is 2.57. The molecule has 2 aromatic rings. The van der Waals surface area contributed by atoms with Gasteiger partial charge in [-0.2, -0.15) is 0 Å². The van der Waals surface area contributed by atoms with Crippen molar-refractivity contribution in [2.24, 2.45) is 0 Å². The van der Waals surface area contributed by atoms with Crippen LogP contribution in [0.5, 0.6) is 5.75 Å². The topological polar surface area (TPSA) is 49.9 Å². The van der Waals surface area contributed by atoms with E-state index in [9.17, 15) is 14.0 Å². The van der Waals surface area contributed by atoms with E-state index in [4.69, 9.17) is 4.74 Å². The molecule has 1 heterocycles. The summed E-state index contributed by atoms with van der Waals surface area (Å²) in [5.41, 5.74) is 1.29. The number of halogens is 1. The number of anilines is 2. The summed E-state index contributed by atoms with van der Waals surface area (Å²) in [6, 6.07) is 13.0. The van der Waals surface area contributed by atoms with Crippen molar-refractivity contribution in [3.8, 4) is 5.75 Å². The average molecular weight is 314 g/mol. The SMILES string of the molecule is CN1C(=O)CN(C(=O)COc2ccccc2F)c2ccccc21. The third kappa shape index (κ3) is 2.88. The van der Waals surface area contributed by atoms with Gasteiger partial charge in [-0.3, -0.25) is 14.5 Å². The predicted molar refractivity (Wildman–Crippen MR) is 84.1 cm³/mol. The van der Waals surface area contributed by atoms with Gasteiger partial charge in [0.1, 0.15) is 6.54 Å². The van der Waals surface area contributed by atoms with Gasteiger partial charge in [-0.05, 0) is 24.3 Å². The van der Waals surface area contributed by atoms with Crippen molar-refractivity contribution in [2.75, 3.05) is 30.0 Å². The Morgan fingerprint density at radius 2 is 1.78 bits per heavy atom. The number of carbonyl (C=O) groups excluding carboxylic acids is 2. The summed E-state index contributed by atoms with van der Waals surface area (Å²) in [5, 5.41) is 0. The largest absolute Gasteiger partial charge is 0.481 e. The van der Waals surface area contributed by atoms with Crippen molar-refractivity contribution in [2.45, 2.75) is 0 Å².